The highest BCUT2D eigenvalue weighted by Crippen LogP contribution is 2.26. The van der Waals surface area contributed by atoms with Crippen molar-refractivity contribution in [2.45, 2.75) is 33.2 Å². The van der Waals surface area contributed by atoms with Gasteiger partial charge in [0, 0.05) is 5.56 Å². The van der Waals surface area contributed by atoms with Crippen molar-refractivity contribution in [2.75, 3.05) is 6.61 Å². The van der Waals surface area contributed by atoms with Crippen molar-refractivity contribution >= 4 is 39.2 Å². The summed E-state index contributed by atoms with van der Waals surface area (Å²) < 4.78 is 6.45. The summed E-state index contributed by atoms with van der Waals surface area (Å²) in [7, 11) is 0. The first-order valence-electron chi connectivity index (χ1n) is 8.99. The number of hydrogen-bond donors (Lipinski definition) is 2. The highest BCUT2D eigenvalue weighted by Gasteiger charge is 2.14. The third-order valence-electron chi connectivity index (χ3n) is 3.91. The second-order valence-corrected chi connectivity index (χ2v) is 7.91. The molecule has 6 heteroatoms. The van der Waals surface area contributed by atoms with Crippen LogP contribution in [0.2, 0.25) is 0 Å². The molecule has 144 valence electrons. The second-order valence-electron chi connectivity index (χ2n) is 6.65. The fourth-order valence-electron chi connectivity index (χ4n) is 2.49. The molecule has 0 aliphatic carbocycles. The van der Waals surface area contributed by atoms with E-state index >= 15 is 0 Å². The SMILES string of the molecule is CCC(NC(=S)NC(=O)c1ccc(OCC(C)C)c(Br)c1)c1ccccc1. The molecule has 1 amide bonds. The van der Waals surface area contributed by atoms with Gasteiger partial charge in [-0.3, -0.25) is 10.1 Å². The molecule has 2 aromatic rings. The minimum Gasteiger partial charge on any atom is -0.492 e. The Bertz CT molecular complexity index is 781. The van der Waals surface area contributed by atoms with E-state index in [1.165, 1.54) is 0 Å². The Kier molecular flexibility index (Phi) is 8.25. The van der Waals surface area contributed by atoms with Crippen LogP contribution in [0.25, 0.3) is 0 Å². The van der Waals surface area contributed by atoms with Crippen LogP contribution in [-0.4, -0.2) is 17.6 Å². The largest absolute Gasteiger partial charge is 0.492 e. The summed E-state index contributed by atoms with van der Waals surface area (Å²) in [5.74, 6) is 0.891. The predicted octanol–water partition coefficient (Wildman–Crippen LogP) is 5.24. The Morgan fingerprint density at radius 3 is 2.48 bits per heavy atom. The summed E-state index contributed by atoms with van der Waals surface area (Å²) in [4.78, 5) is 12.5. The maximum atomic E-state index is 12.5. The average Bonchev–Trinajstić information content (AvgIpc) is 2.65. The van der Waals surface area contributed by atoms with Gasteiger partial charge in [-0.05, 0) is 64.2 Å². The van der Waals surface area contributed by atoms with Crippen molar-refractivity contribution in [3.63, 3.8) is 0 Å². The molecule has 0 radical (unpaired) electrons. The first-order valence-corrected chi connectivity index (χ1v) is 10.2. The van der Waals surface area contributed by atoms with Gasteiger partial charge in [-0.1, -0.05) is 51.1 Å². The van der Waals surface area contributed by atoms with Crippen molar-refractivity contribution < 1.29 is 9.53 Å². The van der Waals surface area contributed by atoms with Crippen LogP contribution in [-0.2, 0) is 0 Å². The maximum absolute atomic E-state index is 12.5. The van der Waals surface area contributed by atoms with E-state index in [0.29, 0.717) is 23.2 Å². The van der Waals surface area contributed by atoms with E-state index in [2.05, 4.69) is 47.3 Å². The molecule has 0 aliphatic rings. The normalized spacial score (nSPS) is 11.7. The number of carbonyl (C=O) groups excluding carboxylic acids is 1. The number of carbonyl (C=O) groups is 1. The first-order chi connectivity index (χ1) is 12.9. The molecule has 2 rings (SSSR count). The predicted molar refractivity (Wildman–Crippen MR) is 117 cm³/mol. The fraction of sp³-hybridized carbons (Fsp3) is 0.333. The van der Waals surface area contributed by atoms with Gasteiger partial charge >= 0.3 is 0 Å². The highest BCUT2D eigenvalue weighted by atomic mass is 79.9. The Hall–Kier alpha value is -1.92. The molecule has 2 aromatic carbocycles. The van der Waals surface area contributed by atoms with Crippen LogP contribution >= 0.6 is 28.1 Å². The third kappa shape index (κ3) is 6.63. The van der Waals surface area contributed by atoms with Gasteiger partial charge in [0.25, 0.3) is 5.91 Å². The molecule has 2 N–H and O–H groups in total. The van der Waals surface area contributed by atoms with Crippen molar-refractivity contribution in [3.05, 3.63) is 64.1 Å². The highest BCUT2D eigenvalue weighted by molar-refractivity contribution is 9.10. The molecule has 0 bridgehead atoms. The molecule has 0 saturated heterocycles. The first kappa shape index (κ1) is 21.4. The topological polar surface area (TPSA) is 50.4 Å². The zero-order chi connectivity index (χ0) is 19.8. The van der Waals surface area contributed by atoms with Gasteiger partial charge in [-0.15, -0.1) is 0 Å². The number of ether oxygens (including phenoxy) is 1. The zero-order valence-corrected chi connectivity index (χ0v) is 18.2. The van der Waals surface area contributed by atoms with Crippen molar-refractivity contribution in [1.82, 2.24) is 10.6 Å². The summed E-state index contributed by atoms with van der Waals surface area (Å²) in [6.45, 7) is 6.86. The lowest BCUT2D eigenvalue weighted by Crippen LogP contribution is -2.40. The summed E-state index contributed by atoms with van der Waals surface area (Å²) in [6.07, 6.45) is 0.855. The van der Waals surface area contributed by atoms with Crippen molar-refractivity contribution in [1.29, 1.82) is 0 Å². The summed E-state index contributed by atoms with van der Waals surface area (Å²) in [6, 6.07) is 15.3. The molecule has 1 atom stereocenters. The zero-order valence-electron chi connectivity index (χ0n) is 15.8. The minimum absolute atomic E-state index is 0.0533. The maximum Gasteiger partial charge on any atom is 0.257 e. The molecule has 0 fully saturated rings. The molecular formula is C21H25BrN2O2S. The molecule has 27 heavy (non-hydrogen) atoms. The molecular weight excluding hydrogens is 424 g/mol. The lowest BCUT2D eigenvalue weighted by atomic mass is 10.1. The van der Waals surface area contributed by atoms with E-state index in [1.807, 2.05) is 30.3 Å². The van der Waals surface area contributed by atoms with Crippen LogP contribution in [0.4, 0.5) is 0 Å². The van der Waals surface area contributed by atoms with E-state index in [9.17, 15) is 4.79 Å². The Labute approximate surface area is 174 Å². The van der Waals surface area contributed by atoms with E-state index in [0.717, 1.165) is 22.2 Å². The standard InChI is InChI=1S/C21H25BrN2O2S/c1-4-18(15-8-6-5-7-9-15)23-21(27)24-20(25)16-10-11-19(17(22)12-16)26-13-14(2)3/h5-12,14,18H,4,13H2,1-3H3,(H2,23,24,25,27). The number of rotatable bonds is 7. The number of halogens is 1. The van der Waals surface area contributed by atoms with Gasteiger partial charge in [-0.2, -0.15) is 0 Å². The quantitative estimate of drug-likeness (QED) is 0.568. The van der Waals surface area contributed by atoms with Crippen LogP contribution in [0.5, 0.6) is 5.75 Å². The fourth-order valence-corrected chi connectivity index (χ4v) is 3.22. The van der Waals surface area contributed by atoms with Crippen LogP contribution in [0.15, 0.2) is 53.0 Å². The number of nitrogens with one attached hydrogen (secondary N) is 2. The number of benzene rings is 2. The van der Waals surface area contributed by atoms with Crippen LogP contribution < -0.4 is 15.4 Å². The third-order valence-corrected chi connectivity index (χ3v) is 4.75. The van der Waals surface area contributed by atoms with Crippen LogP contribution in [0.3, 0.4) is 0 Å². The van der Waals surface area contributed by atoms with Gasteiger partial charge in [0.15, 0.2) is 5.11 Å². The number of hydrogen-bond acceptors (Lipinski definition) is 3. The van der Waals surface area contributed by atoms with E-state index in [1.54, 1.807) is 18.2 Å². The molecule has 4 nitrogen and oxygen atoms in total. The lowest BCUT2D eigenvalue weighted by Gasteiger charge is -2.19. The summed E-state index contributed by atoms with van der Waals surface area (Å²) >= 11 is 8.78. The van der Waals surface area contributed by atoms with E-state index in [-0.39, 0.29) is 11.9 Å². The lowest BCUT2D eigenvalue weighted by molar-refractivity contribution is 0.0976. The summed E-state index contributed by atoms with van der Waals surface area (Å²) in [5, 5.41) is 6.26. The van der Waals surface area contributed by atoms with Gasteiger partial charge in [-0.25, -0.2) is 0 Å². The van der Waals surface area contributed by atoms with Crippen LogP contribution in [0.1, 0.15) is 49.2 Å². The summed E-state index contributed by atoms with van der Waals surface area (Å²) in [5.41, 5.74) is 1.64. The Morgan fingerprint density at radius 2 is 1.89 bits per heavy atom. The molecule has 1 unspecified atom stereocenters. The molecule has 0 saturated carbocycles. The monoisotopic (exact) mass is 448 g/mol. The Morgan fingerprint density at radius 1 is 1.19 bits per heavy atom. The second kappa shape index (κ2) is 10.4. The minimum atomic E-state index is -0.258. The van der Waals surface area contributed by atoms with E-state index < -0.39 is 0 Å². The smallest absolute Gasteiger partial charge is 0.257 e. The average molecular weight is 449 g/mol. The van der Waals surface area contributed by atoms with Gasteiger partial charge < -0.3 is 10.1 Å². The molecule has 0 aromatic heterocycles. The molecule has 0 aliphatic heterocycles. The van der Waals surface area contributed by atoms with Gasteiger partial charge in [0.05, 0.1) is 17.1 Å². The van der Waals surface area contributed by atoms with Gasteiger partial charge in [0.2, 0.25) is 0 Å². The van der Waals surface area contributed by atoms with Gasteiger partial charge in [0.1, 0.15) is 5.75 Å². The Balaban J connectivity index is 1.97. The molecule has 0 heterocycles. The number of amides is 1. The van der Waals surface area contributed by atoms with Crippen LogP contribution in [0, 0.1) is 5.92 Å². The molecule has 0 spiro atoms. The van der Waals surface area contributed by atoms with Crippen molar-refractivity contribution in [3.8, 4) is 5.75 Å². The number of thiocarbonyl (C=S) groups is 1. The van der Waals surface area contributed by atoms with Crippen molar-refractivity contribution in [2.24, 2.45) is 5.92 Å². The van der Waals surface area contributed by atoms with E-state index in [4.69, 9.17) is 17.0 Å².